The second kappa shape index (κ2) is 6.38. The summed E-state index contributed by atoms with van der Waals surface area (Å²) in [6.07, 6.45) is 3.88. The maximum atomic E-state index is 3.50. The smallest absolute Gasteiger partial charge is 0.0239 e. The molecule has 106 valence electrons. The van der Waals surface area contributed by atoms with Gasteiger partial charge in [-0.25, -0.2) is 0 Å². The molecule has 0 bridgehead atoms. The van der Waals surface area contributed by atoms with Crippen molar-refractivity contribution in [2.24, 2.45) is 0 Å². The van der Waals surface area contributed by atoms with Crippen molar-refractivity contribution in [3.05, 3.63) is 48.0 Å². The van der Waals surface area contributed by atoms with Crippen LogP contribution >= 0.6 is 0 Å². The highest BCUT2D eigenvalue weighted by Crippen LogP contribution is 2.21. The van der Waals surface area contributed by atoms with Gasteiger partial charge in [-0.1, -0.05) is 42.5 Å². The van der Waals surface area contributed by atoms with Crippen LogP contribution in [0.2, 0.25) is 0 Å². The number of nitrogens with one attached hydrogen (secondary N) is 1. The Hall–Kier alpha value is -1.38. The van der Waals surface area contributed by atoms with Crippen molar-refractivity contribution >= 4 is 10.8 Å². The predicted octanol–water partition coefficient (Wildman–Crippen LogP) is 3.41. The van der Waals surface area contributed by atoms with E-state index in [0.29, 0.717) is 6.04 Å². The maximum Gasteiger partial charge on any atom is 0.0239 e. The van der Waals surface area contributed by atoms with Gasteiger partial charge in [-0.2, -0.15) is 0 Å². The number of hydrogen-bond acceptors (Lipinski definition) is 2. The molecule has 0 amide bonds. The summed E-state index contributed by atoms with van der Waals surface area (Å²) in [5, 5.41) is 6.24. The lowest BCUT2D eigenvalue weighted by Crippen LogP contribution is -2.32. The SMILES string of the molecule is CN(Cc1cccc2ccccc12)C1CCCNCC1. The molecule has 2 aromatic rings. The van der Waals surface area contributed by atoms with E-state index in [-0.39, 0.29) is 0 Å². The fourth-order valence-corrected chi connectivity index (χ4v) is 3.27. The molecule has 1 N–H and O–H groups in total. The summed E-state index contributed by atoms with van der Waals surface area (Å²) in [5.41, 5.74) is 1.45. The van der Waals surface area contributed by atoms with Crippen LogP contribution in [-0.2, 0) is 6.54 Å². The van der Waals surface area contributed by atoms with Gasteiger partial charge < -0.3 is 5.32 Å². The Labute approximate surface area is 121 Å². The molecule has 1 aliphatic heterocycles. The second-order valence-electron chi connectivity index (χ2n) is 5.89. The molecular formula is C18H24N2. The molecule has 0 radical (unpaired) electrons. The standard InChI is InChI=1S/C18H24N2/c1-20(17-9-5-12-19-13-11-17)14-16-8-4-7-15-6-2-3-10-18(15)16/h2-4,6-8,10,17,19H,5,9,11-14H2,1H3. The van der Waals surface area contributed by atoms with Gasteiger partial charge in [-0.05, 0) is 55.7 Å². The van der Waals surface area contributed by atoms with Gasteiger partial charge in [-0.15, -0.1) is 0 Å². The van der Waals surface area contributed by atoms with E-state index < -0.39 is 0 Å². The van der Waals surface area contributed by atoms with Crippen LogP contribution in [0.4, 0.5) is 0 Å². The molecule has 3 rings (SSSR count). The zero-order valence-electron chi connectivity index (χ0n) is 12.3. The van der Waals surface area contributed by atoms with Gasteiger partial charge in [0.05, 0.1) is 0 Å². The van der Waals surface area contributed by atoms with E-state index in [1.54, 1.807) is 0 Å². The van der Waals surface area contributed by atoms with Crippen molar-refractivity contribution in [1.29, 1.82) is 0 Å². The summed E-state index contributed by atoms with van der Waals surface area (Å²) >= 11 is 0. The molecule has 0 aromatic heterocycles. The van der Waals surface area contributed by atoms with Crippen molar-refractivity contribution in [3.63, 3.8) is 0 Å². The Bertz CT molecular complexity index is 551. The molecule has 1 fully saturated rings. The van der Waals surface area contributed by atoms with E-state index in [9.17, 15) is 0 Å². The maximum absolute atomic E-state index is 3.50. The van der Waals surface area contributed by atoms with Crippen molar-refractivity contribution in [3.8, 4) is 0 Å². The molecular weight excluding hydrogens is 244 g/mol. The fourth-order valence-electron chi connectivity index (χ4n) is 3.27. The van der Waals surface area contributed by atoms with Crippen molar-refractivity contribution in [2.45, 2.75) is 31.8 Å². The summed E-state index contributed by atoms with van der Waals surface area (Å²) in [5.74, 6) is 0. The molecule has 0 spiro atoms. The van der Waals surface area contributed by atoms with Crippen LogP contribution in [0.1, 0.15) is 24.8 Å². The first-order valence-corrected chi connectivity index (χ1v) is 7.72. The van der Waals surface area contributed by atoms with Crippen LogP contribution in [0.15, 0.2) is 42.5 Å². The highest BCUT2D eigenvalue weighted by molar-refractivity contribution is 5.85. The average molecular weight is 268 g/mol. The van der Waals surface area contributed by atoms with E-state index >= 15 is 0 Å². The summed E-state index contributed by atoms with van der Waals surface area (Å²) in [4.78, 5) is 2.54. The van der Waals surface area contributed by atoms with Crippen LogP contribution in [-0.4, -0.2) is 31.1 Å². The minimum absolute atomic E-state index is 0.712. The Kier molecular flexibility index (Phi) is 4.34. The number of benzene rings is 2. The molecule has 2 aromatic carbocycles. The first-order chi connectivity index (χ1) is 9.84. The van der Waals surface area contributed by atoms with Gasteiger partial charge in [0.1, 0.15) is 0 Å². The third-order valence-electron chi connectivity index (χ3n) is 4.47. The molecule has 1 heterocycles. The molecule has 0 saturated carbocycles. The highest BCUT2D eigenvalue weighted by Gasteiger charge is 2.17. The summed E-state index contributed by atoms with van der Waals surface area (Å²) in [6, 6.07) is 16.1. The van der Waals surface area contributed by atoms with Crippen LogP contribution in [0.25, 0.3) is 10.8 Å². The third-order valence-corrected chi connectivity index (χ3v) is 4.47. The van der Waals surface area contributed by atoms with E-state index in [1.807, 2.05) is 0 Å². The molecule has 1 saturated heterocycles. The minimum atomic E-state index is 0.712. The lowest BCUT2D eigenvalue weighted by atomic mass is 10.0. The molecule has 1 atom stereocenters. The van der Waals surface area contributed by atoms with Gasteiger partial charge in [0.2, 0.25) is 0 Å². The first-order valence-electron chi connectivity index (χ1n) is 7.72. The highest BCUT2D eigenvalue weighted by atomic mass is 15.1. The summed E-state index contributed by atoms with van der Waals surface area (Å²) in [7, 11) is 2.28. The topological polar surface area (TPSA) is 15.3 Å². The molecule has 20 heavy (non-hydrogen) atoms. The molecule has 1 aliphatic rings. The largest absolute Gasteiger partial charge is 0.317 e. The molecule has 0 aliphatic carbocycles. The minimum Gasteiger partial charge on any atom is -0.317 e. The lowest BCUT2D eigenvalue weighted by molar-refractivity contribution is 0.217. The summed E-state index contributed by atoms with van der Waals surface area (Å²) < 4.78 is 0. The average Bonchev–Trinajstić information content (AvgIpc) is 2.77. The van der Waals surface area contributed by atoms with Gasteiger partial charge in [0.15, 0.2) is 0 Å². The fraction of sp³-hybridized carbons (Fsp3) is 0.444. The van der Waals surface area contributed by atoms with Crippen molar-refractivity contribution < 1.29 is 0 Å². The Morgan fingerprint density at radius 1 is 1.05 bits per heavy atom. The van der Waals surface area contributed by atoms with Crippen LogP contribution in [0, 0.1) is 0 Å². The van der Waals surface area contributed by atoms with Gasteiger partial charge >= 0.3 is 0 Å². The quantitative estimate of drug-likeness (QED) is 0.917. The second-order valence-corrected chi connectivity index (χ2v) is 5.89. The number of rotatable bonds is 3. The number of nitrogens with zero attached hydrogens (tertiary/aromatic N) is 1. The normalized spacial score (nSPS) is 20.2. The monoisotopic (exact) mass is 268 g/mol. The molecule has 2 heteroatoms. The van der Waals surface area contributed by atoms with E-state index in [1.165, 1.54) is 42.1 Å². The molecule has 2 nitrogen and oxygen atoms in total. The van der Waals surface area contributed by atoms with Crippen LogP contribution < -0.4 is 5.32 Å². The van der Waals surface area contributed by atoms with Crippen LogP contribution in [0.5, 0.6) is 0 Å². The van der Waals surface area contributed by atoms with E-state index in [0.717, 1.165) is 13.1 Å². The summed E-state index contributed by atoms with van der Waals surface area (Å²) in [6.45, 7) is 3.38. The van der Waals surface area contributed by atoms with E-state index in [4.69, 9.17) is 0 Å². The van der Waals surface area contributed by atoms with Gasteiger partial charge in [0.25, 0.3) is 0 Å². The Morgan fingerprint density at radius 2 is 1.90 bits per heavy atom. The van der Waals surface area contributed by atoms with Gasteiger partial charge in [0, 0.05) is 12.6 Å². The number of fused-ring (bicyclic) bond motifs is 1. The number of hydrogen-bond donors (Lipinski definition) is 1. The van der Waals surface area contributed by atoms with E-state index in [2.05, 4.69) is 59.7 Å². The zero-order chi connectivity index (χ0) is 13.8. The first kappa shape index (κ1) is 13.6. The van der Waals surface area contributed by atoms with Gasteiger partial charge in [-0.3, -0.25) is 4.90 Å². The lowest BCUT2D eigenvalue weighted by Gasteiger charge is -2.27. The third kappa shape index (κ3) is 3.02. The predicted molar refractivity (Wildman–Crippen MR) is 85.9 cm³/mol. The Balaban J connectivity index is 1.78. The Morgan fingerprint density at radius 3 is 2.85 bits per heavy atom. The zero-order valence-corrected chi connectivity index (χ0v) is 12.3. The van der Waals surface area contributed by atoms with Crippen LogP contribution in [0.3, 0.4) is 0 Å². The van der Waals surface area contributed by atoms with Crippen molar-refractivity contribution in [2.75, 3.05) is 20.1 Å². The van der Waals surface area contributed by atoms with Crippen molar-refractivity contribution in [1.82, 2.24) is 10.2 Å². The molecule has 1 unspecified atom stereocenters.